The molecule has 118 valence electrons. The fourth-order valence-corrected chi connectivity index (χ4v) is 2.86. The Kier molecular flexibility index (Phi) is 3.95. The van der Waals surface area contributed by atoms with Crippen LogP contribution in [0.15, 0.2) is 54.7 Å². The number of nitrogens with one attached hydrogen (secondary N) is 2. The molecule has 0 bridgehead atoms. The van der Waals surface area contributed by atoms with Crippen LogP contribution in [-0.2, 0) is 5.41 Å². The van der Waals surface area contributed by atoms with E-state index in [2.05, 4.69) is 37.1 Å². The number of aromatic amines is 1. The molecule has 1 heterocycles. The Balaban J connectivity index is 1.80. The van der Waals surface area contributed by atoms with Crippen LogP contribution in [0.5, 0.6) is 0 Å². The van der Waals surface area contributed by atoms with Crippen molar-refractivity contribution in [3.8, 4) is 0 Å². The average Bonchev–Trinajstić information content (AvgIpc) is 2.96. The molecule has 0 amide bonds. The molecule has 0 radical (unpaired) electrons. The van der Waals surface area contributed by atoms with Gasteiger partial charge in [-0.15, -0.1) is 0 Å². The van der Waals surface area contributed by atoms with Crippen LogP contribution in [0.3, 0.4) is 0 Å². The first kappa shape index (κ1) is 15.3. The van der Waals surface area contributed by atoms with Gasteiger partial charge in [0.1, 0.15) is 0 Å². The number of H-pyrrole nitrogens is 1. The summed E-state index contributed by atoms with van der Waals surface area (Å²) in [4.78, 5) is 15.7. The molecule has 3 nitrogen and oxygen atoms in total. The predicted octanol–water partition coefficient (Wildman–Crippen LogP) is 4.76. The molecule has 0 spiro atoms. The maximum atomic E-state index is 12.6. The number of rotatable bonds is 4. The number of carbonyl (C=O) groups excluding carboxylic acids is 1. The molecule has 23 heavy (non-hydrogen) atoms. The zero-order chi connectivity index (χ0) is 16.4. The summed E-state index contributed by atoms with van der Waals surface area (Å²) < 4.78 is 0. The third-order valence-electron chi connectivity index (χ3n) is 4.06. The van der Waals surface area contributed by atoms with E-state index < -0.39 is 0 Å². The molecule has 0 fully saturated rings. The van der Waals surface area contributed by atoms with E-state index in [1.54, 1.807) is 6.20 Å². The van der Waals surface area contributed by atoms with E-state index in [1.807, 2.05) is 42.5 Å². The van der Waals surface area contributed by atoms with E-state index >= 15 is 0 Å². The summed E-state index contributed by atoms with van der Waals surface area (Å²) in [5.41, 5.74) is 4.00. The van der Waals surface area contributed by atoms with Crippen molar-refractivity contribution in [1.82, 2.24) is 4.98 Å². The van der Waals surface area contributed by atoms with Gasteiger partial charge >= 0.3 is 0 Å². The molecule has 3 heteroatoms. The number of carbonyl (C=O) groups is 1. The molecule has 0 saturated heterocycles. The topological polar surface area (TPSA) is 44.9 Å². The minimum absolute atomic E-state index is 0.0351. The number of Topliss-reactive ketones (excluding diaryl/α,β-unsaturated/α-hetero) is 1. The predicted molar refractivity (Wildman–Crippen MR) is 96.3 cm³/mol. The Morgan fingerprint density at radius 2 is 1.74 bits per heavy atom. The monoisotopic (exact) mass is 306 g/mol. The van der Waals surface area contributed by atoms with Crippen molar-refractivity contribution in [2.75, 3.05) is 11.9 Å². The molecule has 3 rings (SSSR count). The van der Waals surface area contributed by atoms with Crippen LogP contribution in [0.2, 0.25) is 0 Å². The molecule has 0 aliphatic heterocycles. The lowest BCUT2D eigenvalue weighted by Crippen LogP contribution is -2.18. The molecule has 1 aromatic heterocycles. The summed E-state index contributed by atoms with van der Waals surface area (Å²) in [5.74, 6) is 0.0890. The smallest absolute Gasteiger partial charge is 0.183 e. The van der Waals surface area contributed by atoms with Crippen molar-refractivity contribution in [1.29, 1.82) is 0 Å². The van der Waals surface area contributed by atoms with Crippen molar-refractivity contribution in [2.24, 2.45) is 0 Å². The van der Waals surface area contributed by atoms with Crippen LogP contribution in [-0.4, -0.2) is 17.3 Å². The maximum absolute atomic E-state index is 12.6. The van der Waals surface area contributed by atoms with Crippen LogP contribution < -0.4 is 5.32 Å². The zero-order valence-electron chi connectivity index (χ0n) is 13.8. The largest absolute Gasteiger partial charge is 0.377 e. The summed E-state index contributed by atoms with van der Waals surface area (Å²) >= 11 is 0. The molecule has 2 N–H and O–H groups in total. The Morgan fingerprint density at radius 3 is 2.52 bits per heavy atom. The minimum Gasteiger partial charge on any atom is -0.377 e. The van der Waals surface area contributed by atoms with Crippen LogP contribution in [0.4, 0.5) is 5.69 Å². The van der Waals surface area contributed by atoms with Gasteiger partial charge in [-0.2, -0.15) is 0 Å². The highest BCUT2D eigenvalue weighted by atomic mass is 16.1. The zero-order valence-corrected chi connectivity index (χ0v) is 13.8. The number of hydrogen-bond acceptors (Lipinski definition) is 2. The number of fused-ring (bicyclic) bond motifs is 1. The normalized spacial score (nSPS) is 11.6. The summed E-state index contributed by atoms with van der Waals surface area (Å²) in [6, 6.07) is 16.0. The van der Waals surface area contributed by atoms with Gasteiger partial charge < -0.3 is 10.3 Å². The highest BCUT2D eigenvalue weighted by molar-refractivity contribution is 6.09. The first-order valence-electron chi connectivity index (χ1n) is 7.89. The van der Waals surface area contributed by atoms with Crippen molar-refractivity contribution >= 4 is 22.4 Å². The molecule has 3 aromatic rings. The van der Waals surface area contributed by atoms with Crippen molar-refractivity contribution in [2.45, 2.75) is 26.2 Å². The number of para-hydroxylation sites is 2. The third kappa shape index (κ3) is 3.14. The van der Waals surface area contributed by atoms with Gasteiger partial charge in [-0.25, -0.2) is 0 Å². The number of hydrogen-bond donors (Lipinski definition) is 2. The minimum atomic E-state index is 0.0351. The van der Waals surface area contributed by atoms with Crippen molar-refractivity contribution < 1.29 is 4.79 Å². The van der Waals surface area contributed by atoms with E-state index in [1.165, 1.54) is 5.56 Å². The fraction of sp³-hybridized carbons (Fsp3) is 0.250. The Hall–Kier alpha value is -2.55. The Bertz CT molecular complexity index is 840. The van der Waals surface area contributed by atoms with E-state index in [0.29, 0.717) is 0 Å². The van der Waals surface area contributed by atoms with Gasteiger partial charge in [-0.3, -0.25) is 4.79 Å². The lowest BCUT2D eigenvalue weighted by Gasteiger charge is -2.23. The molecular weight excluding hydrogens is 284 g/mol. The first-order valence-corrected chi connectivity index (χ1v) is 7.89. The summed E-state index contributed by atoms with van der Waals surface area (Å²) in [7, 11) is 0. The summed E-state index contributed by atoms with van der Waals surface area (Å²) in [5, 5.41) is 4.28. The first-order chi connectivity index (χ1) is 11.0. The van der Waals surface area contributed by atoms with E-state index in [-0.39, 0.29) is 17.7 Å². The van der Waals surface area contributed by atoms with Crippen LogP contribution in [0, 0.1) is 0 Å². The van der Waals surface area contributed by atoms with Crippen LogP contribution in [0.25, 0.3) is 10.9 Å². The molecule has 0 atom stereocenters. The number of benzene rings is 2. The molecule has 0 aliphatic rings. The second-order valence-corrected chi connectivity index (χ2v) is 6.82. The maximum Gasteiger partial charge on any atom is 0.183 e. The molecule has 0 unspecified atom stereocenters. The Labute approximate surface area is 136 Å². The average molecular weight is 306 g/mol. The Morgan fingerprint density at radius 1 is 1.04 bits per heavy atom. The fourth-order valence-electron chi connectivity index (χ4n) is 2.86. The van der Waals surface area contributed by atoms with E-state index in [9.17, 15) is 4.79 Å². The molecule has 2 aromatic carbocycles. The second kappa shape index (κ2) is 5.92. The van der Waals surface area contributed by atoms with Gasteiger partial charge in [0, 0.05) is 28.4 Å². The standard InChI is InChI=1S/C20H22N2O/c1-20(2,3)16-9-5-7-11-18(16)22-13-19(23)15-12-21-17-10-6-4-8-14(15)17/h4-12,21-22H,13H2,1-3H3. The highest BCUT2D eigenvalue weighted by Gasteiger charge is 2.18. The van der Waals surface area contributed by atoms with Gasteiger partial charge in [0.05, 0.1) is 6.54 Å². The van der Waals surface area contributed by atoms with Crippen LogP contribution in [0.1, 0.15) is 36.7 Å². The third-order valence-corrected chi connectivity index (χ3v) is 4.06. The second-order valence-electron chi connectivity index (χ2n) is 6.82. The number of anilines is 1. The SMILES string of the molecule is CC(C)(C)c1ccccc1NCC(=O)c1c[nH]c2ccccc12. The number of aromatic nitrogens is 1. The van der Waals surface area contributed by atoms with E-state index in [4.69, 9.17) is 0 Å². The number of ketones is 1. The molecule has 0 aliphatic carbocycles. The molecular formula is C20H22N2O. The summed E-state index contributed by atoms with van der Waals surface area (Å²) in [6.45, 7) is 6.81. The molecule has 0 saturated carbocycles. The van der Waals surface area contributed by atoms with Gasteiger partial charge in [-0.1, -0.05) is 57.2 Å². The van der Waals surface area contributed by atoms with E-state index in [0.717, 1.165) is 22.2 Å². The van der Waals surface area contributed by atoms with Gasteiger partial charge in [0.15, 0.2) is 5.78 Å². The van der Waals surface area contributed by atoms with Gasteiger partial charge in [0.25, 0.3) is 0 Å². The van der Waals surface area contributed by atoms with Crippen molar-refractivity contribution in [3.63, 3.8) is 0 Å². The van der Waals surface area contributed by atoms with Crippen LogP contribution >= 0.6 is 0 Å². The van der Waals surface area contributed by atoms with Gasteiger partial charge in [-0.05, 0) is 23.1 Å². The van der Waals surface area contributed by atoms with Gasteiger partial charge in [0.2, 0.25) is 0 Å². The lowest BCUT2D eigenvalue weighted by molar-refractivity contribution is 0.101. The highest BCUT2D eigenvalue weighted by Crippen LogP contribution is 2.29. The summed E-state index contributed by atoms with van der Waals surface area (Å²) in [6.07, 6.45) is 1.80. The van der Waals surface area contributed by atoms with Crippen molar-refractivity contribution in [3.05, 3.63) is 65.9 Å². The quantitative estimate of drug-likeness (QED) is 0.683. The lowest BCUT2D eigenvalue weighted by atomic mass is 9.86.